The molecule has 3 rings (SSSR count). The number of nitrogens with zero attached hydrogens (tertiary/aromatic N) is 5. The van der Waals surface area contributed by atoms with Crippen LogP contribution >= 0.6 is 0 Å². The lowest BCUT2D eigenvalue weighted by Crippen LogP contribution is -2.48. The van der Waals surface area contributed by atoms with Gasteiger partial charge in [0.15, 0.2) is 0 Å². The third-order valence-corrected chi connectivity index (χ3v) is 4.90. The normalized spacial score (nSPS) is 14.4. The van der Waals surface area contributed by atoms with Crippen LogP contribution in [0.4, 0.5) is 11.6 Å². The summed E-state index contributed by atoms with van der Waals surface area (Å²) >= 11 is 0. The number of rotatable bonds is 7. The van der Waals surface area contributed by atoms with Gasteiger partial charge in [-0.15, -0.1) is 0 Å². The molecule has 1 aliphatic heterocycles. The lowest BCUT2D eigenvalue weighted by Gasteiger charge is -2.36. The van der Waals surface area contributed by atoms with Gasteiger partial charge in [0.05, 0.1) is 5.56 Å². The van der Waals surface area contributed by atoms with E-state index < -0.39 is 0 Å². The number of piperazine rings is 1. The van der Waals surface area contributed by atoms with Crippen molar-refractivity contribution in [3.8, 4) is 0 Å². The van der Waals surface area contributed by atoms with Crippen molar-refractivity contribution in [3.05, 3.63) is 47.8 Å². The molecule has 1 aromatic carbocycles. The van der Waals surface area contributed by atoms with Crippen molar-refractivity contribution in [2.24, 2.45) is 0 Å². The quantitative estimate of drug-likeness (QED) is 0.740. The third kappa shape index (κ3) is 5.42. The molecule has 7 heteroatoms. The Morgan fingerprint density at radius 2 is 1.86 bits per heavy atom. The Balaban J connectivity index is 1.49. The van der Waals surface area contributed by atoms with E-state index in [1.807, 2.05) is 4.90 Å². The van der Waals surface area contributed by atoms with Gasteiger partial charge in [-0.05, 0) is 51.7 Å². The van der Waals surface area contributed by atoms with E-state index in [0.717, 1.165) is 32.6 Å². The van der Waals surface area contributed by atoms with Crippen LogP contribution < -0.4 is 10.2 Å². The highest BCUT2D eigenvalue weighted by Crippen LogP contribution is 2.18. The predicted octanol–water partition coefficient (Wildman–Crippen LogP) is 2.11. The fourth-order valence-electron chi connectivity index (χ4n) is 3.30. The number of hydrogen-bond acceptors (Lipinski definition) is 6. The van der Waals surface area contributed by atoms with Gasteiger partial charge in [-0.1, -0.05) is 12.1 Å². The van der Waals surface area contributed by atoms with Crippen molar-refractivity contribution < 1.29 is 4.79 Å². The van der Waals surface area contributed by atoms with E-state index in [2.05, 4.69) is 70.4 Å². The Morgan fingerprint density at radius 1 is 1.14 bits per heavy atom. The standard InChI is InChI=1S/C21H30N6O/c1-17-6-4-7-19(14-17)26-10-12-27(13-11-26)20(28)18-15-23-21(24-16-18)22-8-5-9-25(2)3/h4,6-7,14-16H,5,8-13H2,1-3H3,(H,22,23,24). The highest BCUT2D eigenvalue weighted by atomic mass is 16.2. The topological polar surface area (TPSA) is 64.6 Å². The minimum Gasteiger partial charge on any atom is -0.368 e. The number of benzene rings is 1. The summed E-state index contributed by atoms with van der Waals surface area (Å²) < 4.78 is 0. The van der Waals surface area contributed by atoms with Crippen molar-refractivity contribution >= 4 is 17.5 Å². The van der Waals surface area contributed by atoms with Crippen LogP contribution in [0.5, 0.6) is 0 Å². The van der Waals surface area contributed by atoms with Crippen LogP contribution in [-0.2, 0) is 0 Å². The second-order valence-corrected chi connectivity index (χ2v) is 7.50. The summed E-state index contributed by atoms with van der Waals surface area (Å²) in [6.45, 7) is 7.01. The third-order valence-electron chi connectivity index (χ3n) is 4.90. The average molecular weight is 383 g/mol. The van der Waals surface area contributed by atoms with Crippen molar-refractivity contribution in [2.45, 2.75) is 13.3 Å². The van der Waals surface area contributed by atoms with Gasteiger partial charge in [0.1, 0.15) is 0 Å². The minimum atomic E-state index is 0.00282. The molecule has 1 aromatic heterocycles. The summed E-state index contributed by atoms with van der Waals surface area (Å²) in [6, 6.07) is 8.50. The van der Waals surface area contributed by atoms with Gasteiger partial charge in [0.25, 0.3) is 5.91 Å². The van der Waals surface area contributed by atoms with E-state index in [1.165, 1.54) is 11.3 Å². The Kier molecular flexibility index (Phi) is 6.81. The molecule has 0 aliphatic carbocycles. The largest absolute Gasteiger partial charge is 0.368 e. The Labute approximate surface area is 167 Å². The van der Waals surface area contributed by atoms with Gasteiger partial charge in [-0.2, -0.15) is 0 Å². The lowest BCUT2D eigenvalue weighted by molar-refractivity contribution is 0.0746. The summed E-state index contributed by atoms with van der Waals surface area (Å²) in [7, 11) is 4.11. The SMILES string of the molecule is Cc1cccc(N2CCN(C(=O)c3cnc(NCCCN(C)C)nc3)CC2)c1. The maximum absolute atomic E-state index is 12.7. The second kappa shape index (κ2) is 9.50. The molecule has 2 aromatic rings. The molecule has 0 bridgehead atoms. The van der Waals surface area contributed by atoms with E-state index in [1.54, 1.807) is 12.4 Å². The molecule has 2 heterocycles. The predicted molar refractivity (Wildman–Crippen MR) is 113 cm³/mol. The van der Waals surface area contributed by atoms with Crippen LogP contribution in [0, 0.1) is 6.92 Å². The number of aromatic nitrogens is 2. The van der Waals surface area contributed by atoms with E-state index >= 15 is 0 Å². The maximum Gasteiger partial charge on any atom is 0.257 e. The first-order valence-electron chi connectivity index (χ1n) is 9.84. The molecule has 0 spiro atoms. The Morgan fingerprint density at radius 3 is 2.50 bits per heavy atom. The number of carbonyl (C=O) groups is 1. The maximum atomic E-state index is 12.7. The van der Waals surface area contributed by atoms with Crippen molar-refractivity contribution in [2.75, 3.05) is 63.6 Å². The van der Waals surface area contributed by atoms with Gasteiger partial charge >= 0.3 is 0 Å². The number of aryl methyl sites for hydroxylation is 1. The first kappa shape index (κ1) is 20.1. The first-order valence-corrected chi connectivity index (χ1v) is 9.84. The van der Waals surface area contributed by atoms with Crippen LogP contribution in [0.15, 0.2) is 36.7 Å². The van der Waals surface area contributed by atoms with Crippen molar-refractivity contribution in [3.63, 3.8) is 0 Å². The second-order valence-electron chi connectivity index (χ2n) is 7.50. The van der Waals surface area contributed by atoms with Crippen molar-refractivity contribution in [1.29, 1.82) is 0 Å². The van der Waals surface area contributed by atoms with Crippen LogP contribution in [0.25, 0.3) is 0 Å². The van der Waals surface area contributed by atoms with Gasteiger partial charge in [-0.25, -0.2) is 9.97 Å². The molecular weight excluding hydrogens is 352 g/mol. The van der Waals surface area contributed by atoms with Crippen LogP contribution in [0.2, 0.25) is 0 Å². The number of nitrogens with one attached hydrogen (secondary N) is 1. The van der Waals surface area contributed by atoms with Crippen LogP contribution in [0.1, 0.15) is 22.3 Å². The Bertz CT molecular complexity index is 769. The smallest absolute Gasteiger partial charge is 0.257 e. The molecular formula is C21H30N6O. The first-order chi connectivity index (χ1) is 13.5. The molecule has 150 valence electrons. The molecule has 1 saturated heterocycles. The number of anilines is 2. The van der Waals surface area contributed by atoms with E-state index in [9.17, 15) is 4.79 Å². The van der Waals surface area contributed by atoms with E-state index in [4.69, 9.17) is 0 Å². The molecule has 0 atom stereocenters. The lowest BCUT2D eigenvalue weighted by atomic mass is 10.2. The monoisotopic (exact) mass is 382 g/mol. The summed E-state index contributed by atoms with van der Waals surface area (Å²) in [5.41, 5.74) is 3.02. The summed E-state index contributed by atoms with van der Waals surface area (Å²) in [5, 5.41) is 3.19. The molecule has 28 heavy (non-hydrogen) atoms. The van der Waals surface area contributed by atoms with Gasteiger partial charge in [0.2, 0.25) is 5.95 Å². The van der Waals surface area contributed by atoms with Gasteiger partial charge in [0, 0.05) is 50.8 Å². The fraction of sp³-hybridized carbons (Fsp3) is 0.476. The van der Waals surface area contributed by atoms with E-state index in [-0.39, 0.29) is 5.91 Å². The Hall–Kier alpha value is -2.67. The summed E-state index contributed by atoms with van der Waals surface area (Å²) in [4.78, 5) is 27.7. The van der Waals surface area contributed by atoms with Crippen LogP contribution in [0.3, 0.4) is 0 Å². The molecule has 0 unspecified atom stereocenters. The molecule has 1 fully saturated rings. The fourth-order valence-corrected chi connectivity index (χ4v) is 3.30. The minimum absolute atomic E-state index is 0.00282. The number of carbonyl (C=O) groups excluding carboxylic acids is 1. The van der Waals surface area contributed by atoms with E-state index in [0.29, 0.717) is 24.6 Å². The number of amides is 1. The molecule has 1 N–H and O–H groups in total. The van der Waals surface area contributed by atoms with Gasteiger partial charge in [-0.3, -0.25) is 4.79 Å². The zero-order valence-corrected chi connectivity index (χ0v) is 17.1. The summed E-state index contributed by atoms with van der Waals surface area (Å²) in [6.07, 6.45) is 4.26. The number of hydrogen-bond donors (Lipinski definition) is 1. The van der Waals surface area contributed by atoms with Crippen LogP contribution in [-0.4, -0.2) is 79.0 Å². The van der Waals surface area contributed by atoms with Crippen molar-refractivity contribution in [1.82, 2.24) is 19.8 Å². The highest BCUT2D eigenvalue weighted by Gasteiger charge is 2.22. The zero-order valence-electron chi connectivity index (χ0n) is 17.1. The average Bonchev–Trinajstić information content (AvgIpc) is 2.71. The molecule has 0 radical (unpaired) electrons. The summed E-state index contributed by atoms with van der Waals surface area (Å²) in [5.74, 6) is 0.572. The van der Waals surface area contributed by atoms with Gasteiger partial charge < -0.3 is 20.0 Å². The zero-order chi connectivity index (χ0) is 19.9. The molecule has 1 amide bonds. The molecule has 1 aliphatic rings. The molecule has 0 saturated carbocycles. The highest BCUT2D eigenvalue weighted by molar-refractivity contribution is 5.93. The molecule has 7 nitrogen and oxygen atoms in total.